The van der Waals surface area contributed by atoms with Crippen LogP contribution in [0.3, 0.4) is 0 Å². The SMILES string of the molecule is COc1ccc(C(=O)C=C(C(=C(O)c2ccccc2)c2ccccc2)c2ccccc2)cc1. The average Bonchev–Trinajstić information content (AvgIpc) is 2.90. The van der Waals surface area contributed by atoms with Crippen LogP contribution in [0.5, 0.6) is 5.75 Å². The molecular formula is C30H24O3. The van der Waals surface area contributed by atoms with Gasteiger partial charge in [0.15, 0.2) is 5.78 Å². The number of methoxy groups -OCH3 is 1. The molecule has 0 spiro atoms. The summed E-state index contributed by atoms with van der Waals surface area (Å²) in [5.41, 5.74) is 4.10. The molecule has 4 rings (SSSR count). The zero-order valence-corrected chi connectivity index (χ0v) is 18.3. The molecule has 33 heavy (non-hydrogen) atoms. The molecule has 0 fully saturated rings. The lowest BCUT2D eigenvalue weighted by Gasteiger charge is -2.16. The van der Waals surface area contributed by atoms with Gasteiger partial charge in [0, 0.05) is 16.7 Å². The molecule has 0 aliphatic rings. The number of hydrogen-bond donors (Lipinski definition) is 1. The Balaban J connectivity index is 1.93. The summed E-state index contributed by atoms with van der Waals surface area (Å²) in [5, 5.41) is 11.4. The summed E-state index contributed by atoms with van der Waals surface area (Å²) in [6.07, 6.45) is 1.60. The number of carbonyl (C=O) groups excluding carboxylic acids is 1. The molecule has 3 nitrogen and oxygen atoms in total. The Kier molecular flexibility index (Phi) is 6.81. The molecule has 0 aliphatic carbocycles. The first-order chi connectivity index (χ1) is 16.2. The summed E-state index contributed by atoms with van der Waals surface area (Å²) >= 11 is 0. The number of allylic oxidation sites excluding steroid dienone is 3. The fourth-order valence-corrected chi connectivity index (χ4v) is 3.65. The monoisotopic (exact) mass is 432 g/mol. The molecule has 0 saturated heterocycles. The average molecular weight is 433 g/mol. The number of ether oxygens (including phenoxy) is 1. The van der Waals surface area contributed by atoms with Crippen molar-refractivity contribution < 1.29 is 14.6 Å². The van der Waals surface area contributed by atoms with Crippen LogP contribution in [0, 0.1) is 0 Å². The summed E-state index contributed by atoms with van der Waals surface area (Å²) in [5.74, 6) is 0.635. The van der Waals surface area contributed by atoms with Crippen LogP contribution in [0.2, 0.25) is 0 Å². The fourth-order valence-electron chi connectivity index (χ4n) is 3.65. The molecule has 0 atom stereocenters. The Bertz CT molecular complexity index is 1270. The van der Waals surface area contributed by atoms with E-state index in [-0.39, 0.29) is 11.5 Å². The lowest BCUT2D eigenvalue weighted by molar-refractivity contribution is 0.104. The van der Waals surface area contributed by atoms with Gasteiger partial charge in [-0.3, -0.25) is 4.79 Å². The highest BCUT2D eigenvalue weighted by molar-refractivity contribution is 6.20. The van der Waals surface area contributed by atoms with Crippen LogP contribution in [0.1, 0.15) is 27.0 Å². The van der Waals surface area contributed by atoms with Gasteiger partial charge < -0.3 is 9.84 Å². The Morgan fingerprint density at radius 2 is 1.12 bits per heavy atom. The number of rotatable bonds is 7. The van der Waals surface area contributed by atoms with Crippen LogP contribution in [-0.4, -0.2) is 18.0 Å². The van der Waals surface area contributed by atoms with Crippen molar-refractivity contribution in [2.75, 3.05) is 7.11 Å². The van der Waals surface area contributed by atoms with Crippen molar-refractivity contribution in [3.05, 3.63) is 144 Å². The third-order valence-electron chi connectivity index (χ3n) is 5.35. The Morgan fingerprint density at radius 1 is 0.636 bits per heavy atom. The molecule has 0 unspecified atom stereocenters. The molecule has 0 heterocycles. The quantitative estimate of drug-likeness (QED) is 0.111. The van der Waals surface area contributed by atoms with Crippen molar-refractivity contribution in [1.29, 1.82) is 0 Å². The molecule has 0 saturated carbocycles. The van der Waals surface area contributed by atoms with E-state index >= 15 is 0 Å². The second-order valence-corrected chi connectivity index (χ2v) is 7.47. The summed E-state index contributed by atoms with van der Waals surface area (Å²) < 4.78 is 5.21. The van der Waals surface area contributed by atoms with Crippen LogP contribution in [0.4, 0.5) is 0 Å². The summed E-state index contributed by atoms with van der Waals surface area (Å²) in [4.78, 5) is 13.3. The molecule has 0 aromatic heterocycles. The van der Waals surface area contributed by atoms with Crippen LogP contribution >= 0.6 is 0 Å². The summed E-state index contributed by atoms with van der Waals surface area (Å²) in [7, 11) is 1.59. The lowest BCUT2D eigenvalue weighted by atomic mass is 9.88. The first-order valence-corrected chi connectivity index (χ1v) is 10.7. The second-order valence-electron chi connectivity index (χ2n) is 7.47. The third-order valence-corrected chi connectivity index (χ3v) is 5.35. The lowest BCUT2D eigenvalue weighted by Crippen LogP contribution is -2.01. The molecule has 3 heteroatoms. The molecule has 0 radical (unpaired) electrons. The zero-order valence-electron chi connectivity index (χ0n) is 18.3. The Labute approximate surface area is 193 Å². The number of carbonyl (C=O) groups is 1. The van der Waals surface area contributed by atoms with E-state index in [1.165, 1.54) is 0 Å². The molecule has 4 aromatic carbocycles. The maximum absolute atomic E-state index is 13.3. The number of hydrogen-bond acceptors (Lipinski definition) is 3. The van der Waals surface area contributed by atoms with Gasteiger partial charge in [0.25, 0.3) is 0 Å². The van der Waals surface area contributed by atoms with Crippen molar-refractivity contribution in [2.45, 2.75) is 0 Å². The van der Waals surface area contributed by atoms with E-state index in [9.17, 15) is 9.90 Å². The molecule has 1 N–H and O–H groups in total. The van der Waals surface area contributed by atoms with E-state index in [0.29, 0.717) is 28.0 Å². The van der Waals surface area contributed by atoms with Gasteiger partial charge in [0.2, 0.25) is 0 Å². The highest BCUT2D eigenvalue weighted by Crippen LogP contribution is 2.37. The minimum atomic E-state index is -0.161. The molecule has 4 aromatic rings. The fraction of sp³-hybridized carbons (Fsp3) is 0.0333. The van der Waals surface area contributed by atoms with Crippen molar-refractivity contribution in [1.82, 2.24) is 0 Å². The van der Waals surface area contributed by atoms with E-state index in [0.717, 1.165) is 11.1 Å². The molecular weight excluding hydrogens is 408 g/mol. The highest BCUT2D eigenvalue weighted by atomic mass is 16.5. The molecule has 0 aliphatic heterocycles. The number of ketones is 1. The van der Waals surface area contributed by atoms with Crippen molar-refractivity contribution >= 4 is 22.7 Å². The van der Waals surface area contributed by atoms with Gasteiger partial charge in [-0.2, -0.15) is 0 Å². The van der Waals surface area contributed by atoms with Gasteiger partial charge >= 0.3 is 0 Å². The molecule has 0 amide bonds. The van der Waals surface area contributed by atoms with Gasteiger partial charge in [-0.05, 0) is 47.0 Å². The smallest absolute Gasteiger partial charge is 0.186 e. The zero-order chi connectivity index (χ0) is 23.0. The van der Waals surface area contributed by atoms with E-state index in [1.54, 1.807) is 37.5 Å². The summed E-state index contributed by atoms with van der Waals surface area (Å²) in [6.45, 7) is 0. The van der Waals surface area contributed by atoms with E-state index < -0.39 is 0 Å². The van der Waals surface area contributed by atoms with Crippen molar-refractivity contribution in [2.24, 2.45) is 0 Å². The van der Waals surface area contributed by atoms with Gasteiger partial charge in [-0.15, -0.1) is 0 Å². The van der Waals surface area contributed by atoms with Crippen molar-refractivity contribution in [3.63, 3.8) is 0 Å². The van der Waals surface area contributed by atoms with Crippen LogP contribution < -0.4 is 4.74 Å². The maximum atomic E-state index is 13.3. The van der Waals surface area contributed by atoms with E-state index in [2.05, 4.69) is 0 Å². The van der Waals surface area contributed by atoms with Gasteiger partial charge in [-0.1, -0.05) is 91.0 Å². The van der Waals surface area contributed by atoms with Crippen LogP contribution in [-0.2, 0) is 0 Å². The van der Waals surface area contributed by atoms with Gasteiger partial charge in [-0.25, -0.2) is 0 Å². The highest BCUT2D eigenvalue weighted by Gasteiger charge is 2.19. The predicted molar refractivity (Wildman–Crippen MR) is 134 cm³/mol. The normalized spacial score (nSPS) is 12.1. The van der Waals surface area contributed by atoms with Gasteiger partial charge in [0.05, 0.1) is 7.11 Å². The van der Waals surface area contributed by atoms with E-state index in [1.807, 2.05) is 91.0 Å². The number of aliphatic hydroxyl groups is 1. The first-order valence-electron chi connectivity index (χ1n) is 10.7. The minimum Gasteiger partial charge on any atom is -0.507 e. The second kappa shape index (κ2) is 10.3. The Hall–Kier alpha value is -4.37. The maximum Gasteiger partial charge on any atom is 0.186 e. The van der Waals surface area contributed by atoms with Crippen LogP contribution in [0.25, 0.3) is 16.9 Å². The van der Waals surface area contributed by atoms with Gasteiger partial charge in [0.1, 0.15) is 11.5 Å². The first kappa shape index (κ1) is 21.8. The minimum absolute atomic E-state index is 0.111. The van der Waals surface area contributed by atoms with Crippen molar-refractivity contribution in [3.8, 4) is 5.75 Å². The number of aliphatic hydroxyl groups excluding tert-OH is 1. The van der Waals surface area contributed by atoms with Crippen LogP contribution in [0.15, 0.2) is 121 Å². The van der Waals surface area contributed by atoms with E-state index in [4.69, 9.17) is 4.74 Å². The molecule has 0 bridgehead atoms. The predicted octanol–water partition coefficient (Wildman–Crippen LogP) is 7.09. The Morgan fingerprint density at radius 3 is 1.64 bits per heavy atom. The largest absolute Gasteiger partial charge is 0.507 e. The molecule has 162 valence electrons. The third kappa shape index (κ3) is 5.10. The number of benzene rings is 4. The summed E-state index contributed by atoms with van der Waals surface area (Å²) in [6, 6.07) is 35.6. The standard InChI is InChI=1S/C30H24O3/c1-33-26-19-17-23(18-20-26)28(31)21-27(22-11-5-2-6-12-22)29(24-13-7-3-8-14-24)30(32)25-15-9-4-10-16-25/h2-21,32H,1H3. The topological polar surface area (TPSA) is 46.5 Å².